The first-order valence-electron chi connectivity index (χ1n) is 3.49. The van der Waals surface area contributed by atoms with Crippen LogP contribution in [0.2, 0.25) is 0 Å². The minimum Gasteiger partial charge on any atom is -0.483 e. The van der Waals surface area contributed by atoms with Gasteiger partial charge in [0, 0.05) is 0 Å². The van der Waals surface area contributed by atoms with Crippen molar-refractivity contribution >= 4 is 6.47 Å². The summed E-state index contributed by atoms with van der Waals surface area (Å²) in [5.74, 6) is 0. The molecule has 0 heterocycles. The third kappa shape index (κ3) is 7.47. The van der Waals surface area contributed by atoms with Gasteiger partial charge < -0.3 is 5.11 Å². The van der Waals surface area contributed by atoms with Crippen molar-refractivity contribution in [1.29, 1.82) is 0 Å². The van der Waals surface area contributed by atoms with Crippen LogP contribution in [0.5, 0.6) is 0 Å². The average molecular weight is 130 g/mol. The highest BCUT2D eigenvalue weighted by Gasteiger charge is 1.95. The van der Waals surface area contributed by atoms with E-state index < -0.39 is 0 Å². The minimum atomic E-state index is -0.250. The lowest BCUT2D eigenvalue weighted by Crippen LogP contribution is -1.85. The van der Waals surface area contributed by atoms with Crippen molar-refractivity contribution in [1.82, 2.24) is 0 Å². The Morgan fingerprint density at radius 1 is 0.889 bits per heavy atom. The van der Waals surface area contributed by atoms with E-state index in [1.54, 1.807) is 0 Å². The van der Waals surface area contributed by atoms with Gasteiger partial charge in [0.25, 0.3) is 6.47 Å². The number of hydrogen-bond acceptors (Lipinski definition) is 1. The lowest BCUT2D eigenvalue weighted by Gasteiger charge is -2.05. The Hall–Kier alpha value is -0.530. The molecule has 0 aliphatic heterocycles. The van der Waals surface area contributed by atoms with Crippen molar-refractivity contribution in [3.63, 3.8) is 0 Å². The molecule has 0 bridgehead atoms. The topological polar surface area (TPSA) is 37.3 Å². The summed E-state index contributed by atoms with van der Waals surface area (Å²) in [5, 5.41) is 6.89. The maximum absolute atomic E-state index is 8.36. The molecule has 0 saturated heterocycles. The van der Waals surface area contributed by atoms with Crippen LogP contribution >= 0.6 is 0 Å². The molecule has 2 nitrogen and oxygen atoms in total. The Morgan fingerprint density at radius 3 is 1.11 bits per heavy atom. The van der Waals surface area contributed by atoms with Crippen molar-refractivity contribution in [3.8, 4) is 0 Å². The van der Waals surface area contributed by atoms with Crippen molar-refractivity contribution in [2.24, 2.45) is 0 Å². The van der Waals surface area contributed by atoms with Crippen molar-refractivity contribution in [2.45, 2.75) is 38.5 Å². The van der Waals surface area contributed by atoms with E-state index in [2.05, 4.69) is 0 Å². The third-order valence-corrected chi connectivity index (χ3v) is 1.50. The lowest BCUT2D eigenvalue weighted by atomic mass is 10.0. The molecule has 1 saturated carbocycles. The van der Waals surface area contributed by atoms with Gasteiger partial charge >= 0.3 is 0 Å². The van der Waals surface area contributed by atoms with E-state index in [9.17, 15) is 0 Å². The molecule has 0 spiro atoms. The Labute approximate surface area is 55.9 Å². The van der Waals surface area contributed by atoms with Gasteiger partial charge in [0.05, 0.1) is 0 Å². The Bertz CT molecular complexity index is 46.4. The summed E-state index contributed by atoms with van der Waals surface area (Å²) in [6, 6.07) is 0. The maximum Gasteiger partial charge on any atom is 0.290 e. The van der Waals surface area contributed by atoms with Gasteiger partial charge in [0.1, 0.15) is 0 Å². The van der Waals surface area contributed by atoms with Crippen molar-refractivity contribution in [2.75, 3.05) is 0 Å². The molecule has 54 valence electrons. The van der Waals surface area contributed by atoms with Crippen LogP contribution in [0.15, 0.2) is 0 Å². The highest BCUT2D eigenvalue weighted by Crippen LogP contribution is 2.15. The zero-order chi connectivity index (χ0) is 6.95. The van der Waals surface area contributed by atoms with Crippen LogP contribution in [0, 0.1) is 0 Å². The fourth-order valence-electron chi connectivity index (χ4n) is 1.06. The molecular formula is C7H14O2. The quantitative estimate of drug-likeness (QED) is 0.509. The predicted octanol–water partition coefficient (Wildman–Crippen LogP) is 2.04. The lowest BCUT2D eigenvalue weighted by molar-refractivity contribution is -0.122. The van der Waals surface area contributed by atoms with E-state index in [0.29, 0.717) is 0 Å². The second-order valence-electron chi connectivity index (χ2n) is 2.23. The van der Waals surface area contributed by atoms with Crippen LogP contribution in [-0.4, -0.2) is 11.6 Å². The fraction of sp³-hybridized carbons (Fsp3) is 0.857. The van der Waals surface area contributed by atoms with Gasteiger partial charge in [0.15, 0.2) is 0 Å². The van der Waals surface area contributed by atoms with E-state index >= 15 is 0 Å². The summed E-state index contributed by atoms with van der Waals surface area (Å²) >= 11 is 0. The van der Waals surface area contributed by atoms with Crippen molar-refractivity contribution < 1.29 is 9.90 Å². The molecule has 1 aliphatic carbocycles. The molecule has 0 unspecified atom stereocenters. The SMILES string of the molecule is C1CCCCC1.O=CO. The summed E-state index contributed by atoms with van der Waals surface area (Å²) in [7, 11) is 0. The largest absolute Gasteiger partial charge is 0.483 e. The van der Waals surface area contributed by atoms with Gasteiger partial charge in [-0.15, -0.1) is 0 Å². The number of hydrogen-bond donors (Lipinski definition) is 1. The zero-order valence-corrected chi connectivity index (χ0v) is 5.68. The number of carboxylic acid groups (broad SMARTS) is 1. The number of rotatable bonds is 0. The molecule has 1 aliphatic rings. The van der Waals surface area contributed by atoms with Crippen molar-refractivity contribution in [3.05, 3.63) is 0 Å². The monoisotopic (exact) mass is 130 g/mol. The van der Waals surface area contributed by atoms with Crippen LogP contribution in [-0.2, 0) is 4.79 Å². The molecule has 0 aromatic rings. The Balaban J connectivity index is 0.000000187. The first kappa shape index (κ1) is 8.47. The van der Waals surface area contributed by atoms with Gasteiger partial charge in [-0.05, 0) is 0 Å². The zero-order valence-electron chi connectivity index (χ0n) is 5.68. The van der Waals surface area contributed by atoms with E-state index in [1.807, 2.05) is 0 Å². The van der Waals surface area contributed by atoms with E-state index in [1.165, 1.54) is 38.5 Å². The molecule has 1 fully saturated rings. The van der Waals surface area contributed by atoms with Crippen LogP contribution in [0.1, 0.15) is 38.5 Å². The van der Waals surface area contributed by atoms with E-state index in [0.717, 1.165) is 0 Å². The number of carbonyl (C=O) groups is 1. The Kier molecular flexibility index (Phi) is 7.03. The van der Waals surface area contributed by atoms with E-state index in [4.69, 9.17) is 9.90 Å². The summed E-state index contributed by atoms with van der Waals surface area (Å²) in [6.45, 7) is -0.250. The van der Waals surface area contributed by atoms with Gasteiger partial charge in [0.2, 0.25) is 0 Å². The molecule has 0 aromatic carbocycles. The highest BCUT2D eigenvalue weighted by molar-refractivity contribution is 5.32. The Morgan fingerprint density at radius 2 is 1.00 bits per heavy atom. The first-order chi connectivity index (χ1) is 4.41. The highest BCUT2D eigenvalue weighted by atomic mass is 16.3. The van der Waals surface area contributed by atoms with Gasteiger partial charge in [-0.2, -0.15) is 0 Å². The standard InChI is InChI=1S/C6H12.CH2O2/c1-2-4-6-5-3-1;2-1-3/h1-6H2;1H,(H,2,3). The molecule has 0 atom stereocenters. The average Bonchev–Trinajstić information content (AvgIpc) is 1.93. The fourth-order valence-corrected chi connectivity index (χ4v) is 1.06. The van der Waals surface area contributed by atoms with E-state index in [-0.39, 0.29) is 6.47 Å². The second-order valence-corrected chi connectivity index (χ2v) is 2.23. The molecule has 0 radical (unpaired) electrons. The molecule has 0 amide bonds. The van der Waals surface area contributed by atoms with Crippen LogP contribution in [0.4, 0.5) is 0 Å². The molecule has 1 N–H and O–H groups in total. The predicted molar refractivity (Wildman–Crippen MR) is 36.4 cm³/mol. The summed E-state index contributed by atoms with van der Waals surface area (Å²) in [4.78, 5) is 8.36. The summed E-state index contributed by atoms with van der Waals surface area (Å²) in [6.07, 6.45) is 9.00. The maximum atomic E-state index is 8.36. The van der Waals surface area contributed by atoms with Gasteiger partial charge in [-0.3, -0.25) is 4.79 Å². The molecular weight excluding hydrogens is 116 g/mol. The van der Waals surface area contributed by atoms with Crippen LogP contribution in [0.3, 0.4) is 0 Å². The molecule has 9 heavy (non-hydrogen) atoms. The smallest absolute Gasteiger partial charge is 0.290 e. The molecule has 0 aromatic heterocycles. The summed E-state index contributed by atoms with van der Waals surface area (Å²) in [5.41, 5.74) is 0. The normalized spacial score (nSPS) is 17.3. The van der Waals surface area contributed by atoms with Crippen LogP contribution < -0.4 is 0 Å². The van der Waals surface area contributed by atoms with Crippen LogP contribution in [0.25, 0.3) is 0 Å². The molecule has 2 heteroatoms. The van der Waals surface area contributed by atoms with Gasteiger partial charge in [-0.1, -0.05) is 38.5 Å². The second kappa shape index (κ2) is 7.47. The molecule has 1 rings (SSSR count). The minimum absolute atomic E-state index is 0.250. The third-order valence-electron chi connectivity index (χ3n) is 1.50. The van der Waals surface area contributed by atoms with Gasteiger partial charge in [-0.25, -0.2) is 0 Å². The first-order valence-corrected chi connectivity index (χ1v) is 3.49. The summed E-state index contributed by atoms with van der Waals surface area (Å²) < 4.78 is 0.